The second-order valence-corrected chi connectivity index (χ2v) is 4.94. The fraction of sp³-hybridized carbons (Fsp3) is 0.385. The Labute approximate surface area is 116 Å². The molecule has 1 unspecified atom stereocenters. The molecule has 1 heterocycles. The van der Waals surface area contributed by atoms with Crippen molar-refractivity contribution in [2.45, 2.75) is 19.4 Å². The molecule has 1 N–H and O–H groups in total. The van der Waals surface area contributed by atoms with Crippen LogP contribution < -0.4 is 5.32 Å². The molecular weight excluding hydrogens is 292 g/mol. The van der Waals surface area contributed by atoms with Crippen molar-refractivity contribution >= 4 is 15.9 Å². The molecule has 0 fully saturated rings. The summed E-state index contributed by atoms with van der Waals surface area (Å²) < 4.78 is 2.63. The zero-order chi connectivity index (χ0) is 13.0. The molecule has 2 rings (SSSR count). The van der Waals surface area contributed by atoms with Gasteiger partial charge in [-0.15, -0.1) is 5.10 Å². The molecule has 18 heavy (non-hydrogen) atoms. The monoisotopic (exact) mass is 308 g/mol. The van der Waals surface area contributed by atoms with Crippen molar-refractivity contribution in [1.82, 2.24) is 20.3 Å². The van der Waals surface area contributed by atoms with Gasteiger partial charge in [-0.05, 0) is 34.5 Å². The van der Waals surface area contributed by atoms with Crippen LogP contribution in [0.25, 0.3) is 0 Å². The highest BCUT2D eigenvalue weighted by Gasteiger charge is 2.19. The van der Waals surface area contributed by atoms with Gasteiger partial charge in [-0.2, -0.15) is 0 Å². The number of hydrogen-bond acceptors (Lipinski definition) is 3. The summed E-state index contributed by atoms with van der Waals surface area (Å²) in [5.74, 6) is 0. The standard InChI is InChI=1S/C13H17BrN4/c1-3-15-11(9-10-7-5-4-6-8-10)12-13(14)16-17-18(12)2/h4-8,11,15H,3,9H2,1-2H3. The molecule has 1 aromatic carbocycles. The van der Waals surface area contributed by atoms with E-state index >= 15 is 0 Å². The molecule has 0 spiro atoms. The molecule has 0 amide bonds. The first kappa shape index (κ1) is 13.2. The average molecular weight is 309 g/mol. The maximum absolute atomic E-state index is 4.05. The number of likely N-dealkylation sites (N-methyl/N-ethyl adjacent to an activating group) is 1. The predicted molar refractivity (Wildman–Crippen MR) is 75.3 cm³/mol. The number of rotatable bonds is 5. The SMILES string of the molecule is CCNC(Cc1ccccc1)c1c(Br)nnn1C. The Hall–Kier alpha value is -1.20. The van der Waals surface area contributed by atoms with Crippen LogP contribution in [0.1, 0.15) is 24.2 Å². The average Bonchev–Trinajstić information content (AvgIpc) is 2.70. The largest absolute Gasteiger partial charge is 0.309 e. The Kier molecular flexibility index (Phi) is 4.49. The molecule has 0 radical (unpaired) electrons. The second kappa shape index (κ2) is 6.11. The highest BCUT2D eigenvalue weighted by atomic mass is 79.9. The van der Waals surface area contributed by atoms with Gasteiger partial charge < -0.3 is 5.32 Å². The summed E-state index contributed by atoms with van der Waals surface area (Å²) in [5.41, 5.74) is 2.39. The van der Waals surface area contributed by atoms with E-state index in [1.807, 2.05) is 17.8 Å². The molecule has 0 bridgehead atoms. The van der Waals surface area contributed by atoms with E-state index in [1.54, 1.807) is 0 Å². The van der Waals surface area contributed by atoms with Gasteiger partial charge in [-0.3, -0.25) is 0 Å². The Morgan fingerprint density at radius 2 is 2.06 bits per heavy atom. The molecule has 0 aliphatic rings. The Morgan fingerprint density at radius 1 is 1.33 bits per heavy atom. The molecule has 0 saturated heterocycles. The molecule has 1 atom stereocenters. The van der Waals surface area contributed by atoms with Gasteiger partial charge in [0, 0.05) is 7.05 Å². The van der Waals surface area contributed by atoms with E-state index in [4.69, 9.17) is 0 Å². The molecule has 4 nitrogen and oxygen atoms in total. The van der Waals surface area contributed by atoms with Gasteiger partial charge in [-0.25, -0.2) is 4.68 Å². The van der Waals surface area contributed by atoms with E-state index in [9.17, 15) is 0 Å². The molecule has 0 saturated carbocycles. The van der Waals surface area contributed by atoms with Gasteiger partial charge in [-0.1, -0.05) is 42.5 Å². The van der Waals surface area contributed by atoms with Gasteiger partial charge in [0.25, 0.3) is 0 Å². The predicted octanol–water partition coefficient (Wildman–Crippen LogP) is 2.47. The molecule has 0 aliphatic carbocycles. The Morgan fingerprint density at radius 3 is 2.61 bits per heavy atom. The first-order valence-corrected chi connectivity index (χ1v) is 6.84. The maximum Gasteiger partial charge on any atom is 0.153 e. The molecule has 96 valence electrons. The first-order valence-electron chi connectivity index (χ1n) is 6.04. The van der Waals surface area contributed by atoms with Crippen LogP contribution in [-0.4, -0.2) is 21.5 Å². The van der Waals surface area contributed by atoms with E-state index < -0.39 is 0 Å². The lowest BCUT2D eigenvalue weighted by atomic mass is 10.0. The van der Waals surface area contributed by atoms with Crippen molar-refractivity contribution in [3.05, 3.63) is 46.2 Å². The van der Waals surface area contributed by atoms with Crippen molar-refractivity contribution in [3.8, 4) is 0 Å². The summed E-state index contributed by atoms with van der Waals surface area (Å²) in [6.07, 6.45) is 0.925. The van der Waals surface area contributed by atoms with Crippen LogP contribution in [0.3, 0.4) is 0 Å². The number of aromatic nitrogens is 3. The summed E-state index contributed by atoms with van der Waals surface area (Å²) in [4.78, 5) is 0. The van der Waals surface area contributed by atoms with Crippen LogP contribution in [0.15, 0.2) is 34.9 Å². The quantitative estimate of drug-likeness (QED) is 0.922. The van der Waals surface area contributed by atoms with Crippen molar-refractivity contribution in [3.63, 3.8) is 0 Å². The lowest BCUT2D eigenvalue weighted by Crippen LogP contribution is -2.25. The van der Waals surface area contributed by atoms with Gasteiger partial charge in [0.2, 0.25) is 0 Å². The lowest BCUT2D eigenvalue weighted by molar-refractivity contribution is 0.505. The normalized spacial score (nSPS) is 12.6. The highest BCUT2D eigenvalue weighted by Crippen LogP contribution is 2.23. The minimum absolute atomic E-state index is 0.215. The van der Waals surface area contributed by atoms with Crippen LogP contribution >= 0.6 is 15.9 Å². The number of nitrogens with one attached hydrogen (secondary N) is 1. The van der Waals surface area contributed by atoms with Crippen molar-refractivity contribution in [1.29, 1.82) is 0 Å². The van der Waals surface area contributed by atoms with Crippen LogP contribution in [0.5, 0.6) is 0 Å². The number of hydrogen-bond donors (Lipinski definition) is 1. The molecule has 5 heteroatoms. The minimum atomic E-state index is 0.215. The number of benzene rings is 1. The third kappa shape index (κ3) is 2.97. The summed E-state index contributed by atoms with van der Waals surface area (Å²) in [5, 5.41) is 11.6. The van der Waals surface area contributed by atoms with Crippen LogP contribution in [0.4, 0.5) is 0 Å². The fourth-order valence-electron chi connectivity index (χ4n) is 2.07. The summed E-state index contributed by atoms with van der Waals surface area (Å²) in [6.45, 7) is 3.02. The smallest absolute Gasteiger partial charge is 0.153 e. The van der Waals surface area contributed by atoms with Crippen LogP contribution in [0, 0.1) is 0 Å². The topological polar surface area (TPSA) is 42.7 Å². The minimum Gasteiger partial charge on any atom is -0.309 e. The number of nitrogens with zero attached hydrogens (tertiary/aromatic N) is 3. The van der Waals surface area contributed by atoms with Crippen molar-refractivity contribution in [2.24, 2.45) is 7.05 Å². The zero-order valence-electron chi connectivity index (χ0n) is 10.6. The van der Waals surface area contributed by atoms with Gasteiger partial charge in [0.05, 0.1) is 11.7 Å². The Bertz CT molecular complexity index is 475. The Balaban J connectivity index is 2.24. The molecular formula is C13H17BrN4. The molecule has 0 aliphatic heterocycles. The lowest BCUT2D eigenvalue weighted by Gasteiger charge is -2.18. The van der Waals surface area contributed by atoms with Gasteiger partial charge in [0.1, 0.15) is 0 Å². The number of aryl methyl sites for hydroxylation is 1. The number of halogens is 1. The van der Waals surface area contributed by atoms with Gasteiger partial charge >= 0.3 is 0 Å². The molecule has 1 aromatic heterocycles. The zero-order valence-corrected chi connectivity index (χ0v) is 12.2. The van der Waals surface area contributed by atoms with E-state index in [0.29, 0.717) is 0 Å². The van der Waals surface area contributed by atoms with Crippen LogP contribution in [0.2, 0.25) is 0 Å². The van der Waals surface area contributed by atoms with E-state index in [2.05, 4.69) is 62.7 Å². The summed E-state index contributed by atoms with van der Waals surface area (Å²) in [6, 6.07) is 10.7. The summed E-state index contributed by atoms with van der Waals surface area (Å²) in [7, 11) is 1.92. The van der Waals surface area contributed by atoms with Crippen molar-refractivity contribution < 1.29 is 0 Å². The summed E-state index contributed by atoms with van der Waals surface area (Å²) >= 11 is 3.47. The fourth-order valence-corrected chi connectivity index (χ4v) is 2.67. The first-order chi connectivity index (χ1) is 8.72. The van der Waals surface area contributed by atoms with Crippen LogP contribution in [-0.2, 0) is 13.5 Å². The highest BCUT2D eigenvalue weighted by molar-refractivity contribution is 9.10. The third-order valence-corrected chi connectivity index (χ3v) is 3.45. The molecule has 2 aromatic rings. The van der Waals surface area contributed by atoms with E-state index in [-0.39, 0.29) is 6.04 Å². The maximum atomic E-state index is 4.05. The van der Waals surface area contributed by atoms with Crippen molar-refractivity contribution in [2.75, 3.05) is 6.54 Å². The second-order valence-electron chi connectivity index (χ2n) is 4.19. The van der Waals surface area contributed by atoms with Gasteiger partial charge in [0.15, 0.2) is 4.60 Å². The third-order valence-electron chi connectivity index (χ3n) is 2.89. The van der Waals surface area contributed by atoms with E-state index in [0.717, 1.165) is 23.3 Å². The van der Waals surface area contributed by atoms with E-state index in [1.165, 1.54) is 5.56 Å².